The molecule has 1 aliphatic rings. The van der Waals surface area contributed by atoms with Gasteiger partial charge in [-0.1, -0.05) is 0 Å². The molecule has 3 nitrogen and oxygen atoms in total. The number of methoxy groups -OCH3 is 1. The minimum absolute atomic E-state index is 0.289. The molecule has 1 saturated heterocycles. The zero-order chi connectivity index (χ0) is 9.97. The predicted molar refractivity (Wildman–Crippen MR) is 60.9 cm³/mol. The lowest BCUT2D eigenvalue weighted by atomic mass is 10.3. The van der Waals surface area contributed by atoms with E-state index in [0.717, 1.165) is 21.7 Å². The Bertz CT molecular complexity index is 323. The minimum Gasteiger partial charge on any atom is -0.497 e. The molecule has 1 fully saturated rings. The van der Waals surface area contributed by atoms with Crippen LogP contribution in [0.4, 0.5) is 0 Å². The Morgan fingerprint density at radius 2 is 2.36 bits per heavy atom. The molecule has 0 bridgehead atoms. The van der Waals surface area contributed by atoms with Gasteiger partial charge >= 0.3 is 0 Å². The molecular formula is C10H11IO3. The number of hydrogen-bond donors (Lipinski definition) is 0. The summed E-state index contributed by atoms with van der Waals surface area (Å²) in [5.41, 5.74) is 0. The Balaban J connectivity index is 2.04. The third-order valence-corrected chi connectivity index (χ3v) is 2.86. The van der Waals surface area contributed by atoms with Crippen molar-refractivity contribution in [2.75, 3.05) is 20.3 Å². The van der Waals surface area contributed by atoms with Crippen LogP contribution in [0.5, 0.6) is 11.5 Å². The van der Waals surface area contributed by atoms with Crippen LogP contribution in [0.3, 0.4) is 0 Å². The van der Waals surface area contributed by atoms with Crippen molar-refractivity contribution in [3.63, 3.8) is 0 Å². The summed E-state index contributed by atoms with van der Waals surface area (Å²) in [4.78, 5) is 0. The largest absolute Gasteiger partial charge is 0.497 e. The second-order valence-electron chi connectivity index (χ2n) is 3.06. The van der Waals surface area contributed by atoms with Crippen LogP contribution < -0.4 is 9.47 Å². The molecule has 1 unspecified atom stereocenters. The van der Waals surface area contributed by atoms with Gasteiger partial charge in [-0.3, -0.25) is 0 Å². The Hall–Kier alpha value is -0.490. The number of halogens is 1. The maximum atomic E-state index is 5.59. The fourth-order valence-corrected chi connectivity index (χ4v) is 1.56. The smallest absolute Gasteiger partial charge is 0.136 e. The first kappa shape index (κ1) is 10.0. The van der Waals surface area contributed by atoms with Crippen molar-refractivity contribution in [3.8, 4) is 11.5 Å². The lowest BCUT2D eigenvalue weighted by Gasteiger charge is -2.08. The van der Waals surface area contributed by atoms with Gasteiger partial charge in [-0.25, -0.2) is 0 Å². The third-order valence-electron chi connectivity index (χ3n) is 1.97. The van der Waals surface area contributed by atoms with Crippen LogP contribution in [-0.2, 0) is 4.74 Å². The average molecular weight is 306 g/mol. The van der Waals surface area contributed by atoms with E-state index in [1.165, 1.54) is 0 Å². The molecular weight excluding hydrogens is 295 g/mol. The van der Waals surface area contributed by atoms with Gasteiger partial charge < -0.3 is 14.2 Å². The van der Waals surface area contributed by atoms with Crippen molar-refractivity contribution in [1.29, 1.82) is 0 Å². The van der Waals surface area contributed by atoms with Crippen molar-refractivity contribution in [2.24, 2.45) is 0 Å². The van der Waals surface area contributed by atoms with E-state index in [1.807, 2.05) is 18.2 Å². The van der Waals surface area contributed by atoms with Crippen molar-refractivity contribution < 1.29 is 14.2 Å². The highest BCUT2D eigenvalue weighted by molar-refractivity contribution is 14.1. The van der Waals surface area contributed by atoms with Gasteiger partial charge in [-0.2, -0.15) is 0 Å². The molecule has 0 N–H and O–H groups in total. The molecule has 0 radical (unpaired) electrons. The zero-order valence-corrected chi connectivity index (χ0v) is 9.98. The second kappa shape index (κ2) is 4.35. The van der Waals surface area contributed by atoms with E-state index in [-0.39, 0.29) is 6.10 Å². The monoisotopic (exact) mass is 306 g/mol. The normalized spacial score (nSPS) is 19.1. The van der Waals surface area contributed by atoms with E-state index in [9.17, 15) is 0 Å². The van der Waals surface area contributed by atoms with Gasteiger partial charge in [0.15, 0.2) is 0 Å². The topological polar surface area (TPSA) is 31.0 Å². The van der Waals surface area contributed by atoms with E-state index in [0.29, 0.717) is 6.61 Å². The summed E-state index contributed by atoms with van der Waals surface area (Å²) < 4.78 is 16.9. The lowest BCUT2D eigenvalue weighted by molar-refractivity contribution is 0.260. The van der Waals surface area contributed by atoms with Crippen LogP contribution >= 0.6 is 22.6 Å². The molecule has 0 spiro atoms. The summed E-state index contributed by atoms with van der Waals surface area (Å²) in [6.45, 7) is 1.45. The first-order chi connectivity index (χ1) is 6.79. The summed E-state index contributed by atoms with van der Waals surface area (Å²) in [7, 11) is 1.65. The molecule has 4 heteroatoms. The minimum atomic E-state index is 0.289. The van der Waals surface area contributed by atoms with Crippen LogP contribution in [-0.4, -0.2) is 26.4 Å². The molecule has 1 aromatic carbocycles. The summed E-state index contributed by atoms with van der Waals surface area (Å²) >= 11 is 2.24. The molecule has 1 aliphatic heterocycles. The van der Waals surface area contributed by atoms with Crippen molar-refractivity contribution >= 4 is 22.6 Å². The molecule has 0 aromatic heterocycles. The first-order valence-corrected chi connectivity index (χ1v) is 5.45. The van der Waals surface area contributed by atoms with Gasteiger partial charge in [-0.05, 0) is 34.7 Å². The standard InChI is InChI=1S/C10H11IO3/c1-12-7-2-3-9(11)10(4-7)14-6-8-5-13-8/h2-4,8H,5-6H2,1H3. The highest BCUT2D eigenvalue weighted by Crippen LogP contribution is 2.26. The third kappa shape index (κ3) is 2.51. The van der Waals surface area contributed by atoms with Crippen LogP contribution in [0.25, 0.3) is 0 Å². The van der Waals surface area contributed by atoms with Gasteiger partial charge in [0, 0.05) is 6.07 Å². The van der Waals surface area contributed by atoms with Gasteiger partial charge in [0.05, 0.1) is 17.3 Å². The summed E-state index contributed by atoms with van der Waals surface area (Å²) in [5.74, 6) is 1.68. The van der Waals surface area contributed by atoms with E-state index in [1.54, 1.807) is 7.11 Å². The average Bonchev–Trinajstić information content (AvgIpc) is 3.00. The fraction of sp³-hybridized carbons (Fsp3) is 0.400. The van der Waals surface area contributed by atoms with Crippen LogP contribution in [0.15, 0.2) is 18.2 Å². The molecule has 1 heterocycles. The van der Waals surface area contributed by atoms with Crippen LogP contribution in [0.1, 0.15) is 0 Å². The van der Waals surface area contributed by atoms with Gasteiger partial charge in [0.1, 0.15) is 24.2 Å². The lowest BCUT2D eigenvalue weighted by Crippen LogP contribution is -2.05. The molecule has 2 rings (SSSR count). The molecule has 0 aliphatic carbocycles. The highest BCUT2D eigenvalue weighted by atomic mass is 127. The molecule has 1 atom stereocenters. The van der Waals surface area contributed by atoms with E-state index in [2.05, 4.69) is 22.6 Å². The Morgan fingerprint density at radius 3 is 3.00 bits per heavy atom. The summed E-state index contributed by atoms with van der Waals surface area (Å²) in [6.07, 6.45) is 0.289. The maximum Gasteiger partial charge on any atom is 0.136 e. The SMILES string of the molecule is COc1ccc(I)c(OCC2CO2)c1. The zero-order valence-electron chi connectivity index (χ0n) is 7.83. The fourth-order valence-electron chi connectivity index (χ4n) is 1.07. The van der Waals surface area contributed by atoms with E-state index >= 15 is 0 Å². The number of hydrogen-bond acceptors (Lipinski definition) is 3. The molecule has 0 saturated carbocycles. The number of rotatable bonds is 4. The van der Waals surface area contributed by atoms with Crippen LogP contribution in [0, 0.1) is 3.57 Å². The van der Waals surface area contributed by atoms with Gasteiger partial charge in [0.2, 0.25) is 0 Å². The van der Waals surface area contributed by atoms with Gasteiger partial charge in [0.25, 0.3) is 0 Å². The number of benzene rings is 1. The maximum absolute atomic E-state index is 5.59. The van der Waals surface area contributed by atoms with Crippen molar-refractivity contribution in [2.45, 2.75) is 6.10 Å². The van der Waals surface area contributed by atoms with E-state index < -0.39 is 0 Å². The summed E-state index contributed by atoms with van der Waals surface area (Å²) in [6, 6.07) is 5.79. The Kier molecular flexibility index (Phi) is 3.12. The molecule has 1 aromatic rings. The number of epoxide rings is 1. The molecule has 0 amide bonds. The Morgan fingerprint density at radius 1 is 1.57 bits per heavy atom. The van der Waals surface area contributed by atoms with Crippen LogP contribution in [0.2, 0.25) is 0 Å². The second-order valence-corrected chi connectivity index (χ2v) is 4.22. The molecule has 76 valence electrons. The van der Waals surface area contributed by atoms with Crippen molar-refractivity contribution in [1.82, 2.24) is 0 Å². The van der Waals surface area contributed by atoms with E-state index in [4.69, 9.17) is 14.2 Å². The van der Waals surface area contributed by atoms with Crippen molar-refractivity contribution in [3.05, 3.63) is 21.8 Å². The Labute approximate surface area is 96.5 Å². The highest BCUT2D eigenvalue weighted by Gasteiger charge is 2.23. The number of ether oxygens (including phenoxy) is 3. The quantitative estimate of drug-likeness (QED) is 0.630. The van der Waals surface area contributed by atoms with Gasteiger partial charge in [-0.15, -0.1) is 0 Å². The first-order valence-electron chi connectivity index (χ1n) is 4.37. The molecule has 14 heavy (non-hydrogen) atoms. The predicted octanol–water partition coefficient (Wildman–Crippen LogP) is 2.08. The summed E-state index contributed by atoms with van der Waals surface area (Å²) in [5, 5.41) is 0.